The zero-order valence-corrected chi connectivity index (χ0v) is 20.1. The smallest absolute Gasteiger partial charge is 0.394 e. The Labute approximate surface area is 207 Å². The molecule has 10 nitrogen and oxygen atoms in total. The molecule has 0 aliphatic heterocycles. The number of imidazole rings is 1. The van der Waals surface area contributed by atoms with Crippen LogP contribution in [-0.2, 0) is 20.1 Å². The van der Waals surface area contributed by atoms with Gasteiger partial charge < -0.3 is 14.6 Å². The van der Waals surface area contributed by atoms with E-state index in [-0.39, 0.29) is 54.8 Å². The molecule has 0 aliphatic rings. The van der Waals surface area contributed by atoms with Crippen molar-refractivity contribution < 1.29 is 23.4 Å². The van der Waals surface area contributed by atoms with Gasteiger partial charge in [-0.2, -0.15) is 13.8 Å². The van der Waals surface area contributed by atoms with Crippen molar-refractivity contribution in [2.45, 2.75) is 32.5 Å². The van der Waals surface area contributed by atoms with Crippen LogP contribution in [0.2, 0.25) is 5.02 Å². The van der Waals surface area contributed by atoms with E-state index in [1.165, 1.54) is 46.6 Å². The van der Waals surface area contributed by atoms with Crippen LogP contribution in [0.5, 0.6) is 17.5 Å². The van der Waals surface area contributed by atoms with E-state index in [9.17, 15) is 23.5 Å². The number of halogens is 3. The molecule has 0 fully saturated rings. The number of hydrogen-bond acceptors (Lipinski definition) is 7. The lowest BCUT2D eigenvalue weighted by Crippen LogP contribution is -2.39. The molecule has 0 spiro atoms. The number of rotatable bonds is 9. The molecular formula is C23H22ClF2N5O5. The number of fused-ring (bicyclic) bond motifs is 1. The summed E-state index contributed by atoms with van der Waals surface area (Å²) in [5.41, 5.74) is -0.661. The van der Waals surface area contributed by atoms with Gasteiger partial charge in [-0.1, -0.05) is 17.7 Å². The number of nitrogens with zero attached hydrogens (tertiary/aromatic N) is 5. The number of aliphatic hydroxyl groups excluding tert-OH is 1. The Morgan fingerprint density at radius 2 is 1.89 bits per heavy atom. The third kappa shape index (κ3) is 5.39. The summed E-state index contributed by atoms with van der Waals surface area (Å²) in [6, 6.07) is 8.65. The Kier molecular flexibility index (Phi) is 7.09. The molecule has 3 heterocycles. The second-order valence-corrected chi connectivity index (χ2v) is 8.42. The molecule has 3 aromatic heterocycles. The Morgan fingerprint density at radius 3 is 2.58 bits per heavy atom. The van der Waals surface area contributed by atoms with Crippen LogP contribution in [0.1, 0.15) is 19.0 Å². The van der Waals surface area contributed by atoms with Crippen LogP contribution in [0.3, 0.4) is 0 Å². The highest BCUT2D eigenvalue weighted by atomic mass is 35.5. The number of ether oxygens (including phenoxy) is 2. The molecule has 1 N–H and O–H groups in total. The summed E-state index contributed by atoms with van der Waals surface area (Å²) >= 11 is 6.10. The SMILES string of the molecule is Cn1c(=O)n(CCCO)c(=O)c2c1nc(Oc1cccc(OC(C)(F)F)c1)n2Cc1cc(Cl)ccn1. The molecule has 0 unspecified atom stereocenters. The quantitative estimate of drug-likeness (QED) is 0.360. The lowest BCUT2D eigenvalue weighted by atomic mass is 10.3. The number of hydrogen-bond donors (Lipinski definition) is 1. The van der Waals surface area contributed by atoms with Crippen molar-refractivity contribution in [2.75, 3.05) is 6.61 Å². The molecular weight excluding hydrogens is 500 g/mol. The standard InChI is InChI=1S/C23H22ClF2N5O5/c1-23(25,26)36-17-6-3-5-16(12-17)35-21-28-19-18(31(21)13-15-11-14(24)7-8-27-15)20(33)30(9-4-10-32)22(34)29(19)2/h3,5-8,11-12,32H,4,9-10,13H2,1-2H3. The van der Waals surface area contributed by atoms with Gasteiger partial charge in [-0.3, -0.25) is 23.5 Å². The second-order valence-electron chi connectivity index (χ2n) is 7.98. The number of pyridine rings is 1. The van der Waals surface area contributed by atoms with Crippen molar-refractivity contribution >= 4 is 22.8 Å². The van der Waals surface area contributed by atoms with Crippen LogP contribution in [0, 0.1) is 0 Å². The summed E-state index contributed by atoms with van der Waals surface area (Å²) in [5.74, 6) is -0.0316. The maximum atomic E-state index is 13.4. The van der Waals surface area contributed by atoms with Gasteiger partial charge in [0.1, 0.15) is 11.5 Å². The van der Waals surface area contributed by atoms with Crippen LogP contribution in [0.4, 0.5) is 8.78 Å². The summed E-state index contributed by atoms with van der Waals surface area (Å²) in [5, 5.41) is 9.61. The summed E-state index contributed by atoms with van der Waals surface area (Å²) < 4.78 is 40.7. The lowest BCUT2D eigenvalue weighted by molar-refractivity contribution is -0.159. The van der Waals surface area contributed by atoms with Crippen LogP contribution < -0.4 is 20.7 Å². The van der Waals surface area contributed by atoms with Crippen molar-refractivity contribution in [3.05, 3.63) is 74.1 Å². The van der Waals surface area contributed by atoms with E-state index in [1.54, 1.807) is 12.1 Å². The predicted octanol–water partition coefficient (Wildman–Crippen LogP) is 3.16. The van der Waals surface area contributed by atoms with Crippen LogP contribution >= 0.6 is 11.6 Å². The van der Waals surface area contributed by atoms with Crippen molar-refractivity contribution in [1.82, 2.24) is 23.7 Å². The normalized spacial score (nSPS) is 11.7. The fraction of sp³-hybridized carbons (Fsp3) is 0.304. The van der Waals surface area contributed by atoms with Gasteiger partial charge in [-0.05, 0) is 30.7 Å². The molecule has 4 rings (SSSR count). The molecule has 0 saturated heterocycles. The highest BCUT2D eigenvalue weighted by Gasteiger charge is 2.25. The summed E-state index contributed by atoms with van der Waals surface area (Å²) in [4.78, 5) is 34.8. The number of alkyl halides is 2. The van der Waals surface area contributed by atoms with Gasteiger partial charge in [0.05, 0.1) is 12.2 Å². The molecule has 0 aliphatic carbocycles. The Morgan fingerprint density at radius 1 is 1.14 bits per heavy atom. The van der Waals surface area contributed by atoms with E-state index < -0.39 is 17.4 Å². The maximum Gasteiger partial charge on any atom is 0.394 e. The van der Waals surface area contributed by atoms with Crippen molar-refractivity contribution in [2.24, 2.45) is 7.05 Å². The van der Waals surface area contributed by atoms with E-state index in [4.69, 9.17) is 16.3 Å². The molecule has 0 amide bonds. The molecule has 0 bridgehead atoms. The highest BCUT2D eigenvalue weighted by molar-refractivity contribution is 6.30. The Balaban J connectivity index is 1.88. The fourth-order valence-corrected chi connectivity index (χ4v) is 3.80. The van der Waals surface area contributed by atoms with Gasteiger partial charge in [0, 0.05) is 44.4 Å². The van der Waals surface area contributed by atoms with E-state index >= 15 is 0 Å². The first-order valence-electron chi connectivity index (χ1n) is 10.8. The van der Waals surface area contributed by atoms with Gasteiger partial charge in [-0.15, -0.1) is 0 Å². The van der Waals surface area contributed by atoms with Crippen molar-refractivity contribution in [1.29, 1.82) is 0 Å². The van der Waals surface area contributed by atoms with Crippen LogP contribution in [0.25, 0.3) is 11.2 Å². The molecule has 0 radical (unpaired) electrons. The molecule has 0 atom stereocenters. The highest BCUT2D eigenvalue weighted by Crippen LogP contribution is 2.29. The third-order valence-corrected chi connectivity index (χ3v) is 5.38. The van der Waals surface area contributed by atoms with Crippen molar-refractivity contribution in [3.8, 4) is 17.5 Å². The topological polar surface area (TPSA) is 113 Å². The maximum absolute atomic E-state index is 13.4. The molecule has 1 aromatic carbocycles. The first kappa shape index (κ1) is 25.3. The minimum Gasteiger partial charge on any atom is -0.433 e. The van der Waals surface area contributed by atoms with Gasteiger partial charge in [0.25, 0.3) is 5.56 Å². The summed E-state index contributed by atoms with van der Waals surface area (Å²) in [7, 11) is 1.45. The molecule has 13 heteroatoms. The van der Waals surface area contributed by atoms with Crippen LogP contribution in [-0.4, -0.2) is 41.5 Å². The van der Waals surface area contributed by atoms with E-state index in [2.05, 4.69) is 14.7 Å². The number of benzene rings is 1. The van der Waals surface area contributed by atoms with Crippen molar-refractivity contribution in [3.63, 3.8) is 0 Å². The van der Waals surface area contributed by atoms with Gasteiger partial charge in [0.15, 0.2) is 11.2 Å². The summed E-state index contributed by atoms with van der Waals surface area (Å²) in [6.45, 7) is 0.408. The first-order chi connectivity index (χ1) is 17.1. The zero-order chi connectivity index (χ0) is 26.0. The first-order valence-corrected chi connectivity index (χ1v) is 11.2. The minimum atomic E-state index is -3.40. The molecule has 0 saturated carbocycles. The fourth-order valence-electron chi connectivity index (χ4n) is 3.61. The average molecular weight is 522 g/mol. The number of aromatic nitrogens is 5. The Hall–Kier alpha value is -3.77. The largest absolute Gasteiger partial charge is 0.433 e. The second kappa shape index (κ2) is 10.1. The van der Waals surface area contributed by atoms with Crippen LogP contribution in [0.15, 0.2) is 52.2 Å². The van der Waals surface area contributed by atoms with Gasteiger partial charge >= 0.3 is 17.8 Å². The molecule has 190 valence electrons. The monoisotopic (exact) mass is 521 g/mol. The molecule has 4 aromatic rings. The van der Waals surface area contributed by atoms with Gasteiger partial charge in [-0.25, -0.2) is 4.79 Å². The van der Waals surface area contributed by atoms with E-state index in [0.29, 0.717) is 17.6 Å². The minimum absolute atomic E-state index is 0.000649. The third-order valence-electron chi connectivity index (χ3n) is 5.15. The molecule has 36 heavy (non-hydrogen) atoms. The lowest BCUT2D eigenvalue weighted by Gasteiger charge is -2.14. The predicted molar refractivity (Wildman–Crippen MR) is 127 cm³/mol. The summed E-state index contributed by atoms with van der Waals surface area (Å²) in [6.07, 6.45) is -1.71. The average Bonchev–Trinajstić information content (AvgIpc) is 3.15. The number of aliphatic hydroxyl groups is 1. The zero-order valence-electron chi connectivity index (χ0n) is 19.3. The van der Waals surface area contributed by atoms with E-state index in [0.717, 1.165) is 4.57 Å². The number of aryl methyl sites for hydroxylation is 1. The Bertz CT molecular complexity index is 1530. The van der Waals surface area contributed by atoms with E-state index in [1.807, 2.05) is 0 Å². The van der Waals surface area contributed by atoms with Gasteiger partial charge in [0.2, 0.25) is 0 Å².